The molecular formula is C20H17Cl2N5O2. The Labute approximate surface area is 176 Å². The van der Waals surface area contributed by atoms with Gasteiger partial charge in [-0.2, -0.15) is 0 Å². The van der Waals surface area contributed by atoms with E-state index in [4.69, 9.17) is 27.6 Å². The van der Waals surface area contributed by atoms with Crippen molar-refractivity contribution < 1.29 is 9.21 Å². The van der Waals surface area contributed by atoms with E-state index in [1.165, 1.54) is 0 Å². The molecule has 0 bridgehead atoms. The van der Waals surface area contributed by atoms with Crippen LogP contribution in [0.15, 0.2) is 53.2 Å². The number of aryl methyl sites for hydroxylation is 1. The van der Waals surface area contributed by atoms with Gasteiger partial charge in [0, 0.05) is 42.6 Å². The number of rotatable bonds is 7. The van der Waals surface area contributed by atoms with E-state index >= 15 is 0 Å². The summed E-state index contributed by atoms with van der Waals surface area (Å²) in [5, 5.41) is 12.2. The van der Waals surface area contributed by atoms with Crippen LogP contribution in [-0.4, -0.2) is 32.0 Å². The minimum Gasteiger partial charge on any atom is -0.441 e. The molecule has 4 aromatic rings. The largest absolute Gasteiger partial charge is 0.441 e. The third-order valence-corrected chi connectivity index (χ3v) is 4.92. The van der Waals surface area contributed by atoms with Crippen molar-refractivity contribution in [3.05, 3.63) is 70.6 Å². The van der Waals surface area contributed by atoms with Crippen molar-refractivity contribution in [2.45, 2.75) is 19.3 Å². The van der Waals surface area contributed by atoms with Crippen LogP contribution in [0.1, 0.15) is 18.1 Å². The topological polar surface area (TPSA) is 85.3 Å². The van der Waals surface area contributed by atoms with Crippen LogP contribution in [-0.2, 0) is 17.6 Å². The molecule has 0 aliphatic rings. The molecule has 1 amide bonds. The fourth-order valence-electron chi connectivity index (χ4n) is 2.92. The van der Waals surface area contributed by atoms with Gasteiger partial charge in [-0.15, -0.1) is 10.2 Å². The highest BCUT2D eigenvalue weighted by Gasteiger charge is 2.12. The van der Waals surface area contributed by atoms with Crippen LogP contribution in [0, 0.1) is 0 Å². The average Bonchev–Trinajstić information content (AvgIpc) is 3.34. The lowest BCUT2D eigenvalue weighted by atomic mass is 10.2. The summed E-state index contributed by atoms with van der Waals surface area (Å²) in [6.07, 6.45) is 4.76. The first-order chi connectivity index (χ1) is 14.1. The molecule has 0 aliphatic heterocycles. The minimum atomic E-state index is -0.0805. The van der Waals surface area contributed by atoms with Gasteiger partial charge in [0.05, 0.1) is 11.2 Å². The zero-order chi connectivity index (χ0) is 20.2. The van der Waals surface area contributed by atoms with Crippen molar-refractivity contribution in [3.8, 4) is 11.3 Å². The Bertz CT molecular complexity index is 1150. The van der Waals surface area contributed by atoms with Gasteiger partial charge in [0.2, 0.25) is 5.91 Å². The van der Waals surface area contributed by atoms with Crippen molar-refractivity contribution in [1.29, 1.82) is 0 Å². The zero-order valence-corrected chi connectivity index (χ0v) is 16.8. The van der Waals surface area contributed by atoms with Crippen molar-refractivity contribution in [1.82, 2.24) is 24.9 Å². The van der Waals surface area contributed by atoms with Crippen molar-refractivity contribution in [3.63, 3.8) is 0 Å². The number of hydrogen-bond acceptors (Lipinski definition) is 5. The van der Waals surface area contributed by atoms with Crippen LogP contribution >= 0.6 is 23.2 Å². The second-order valence-corrected chi connectivity index (χ2v) is 7.23. The van der Waals surface area contributed by atoms with Gasteiger partial charge in [-0.1, -0.05) is 29.3 Å². The third kappa shape index (κ3) is 4.58. The van der Waals surface area contributed by atoms with Crippen LogP contribution < -0.4 is 5.32 Å². The Morgan fingerprint density at radius 2 is 2.03 bits per heavy atom. The predicted octanol–water partition coefficient (Wildman–Crippen LogP) is 3.98. The maximum absolute atomic E-state index is 12.1. The van der Waals surface area contributed by atoms with Gasteiger partial charge in [-0.05, 0) is 30.3 Å². The van der Waals surface area contributed by atoms with E-state index in [2.05, 4.69) is 20.5 Å². The average molecular weight is 430 g/mol. The van der Waals surface area contributed by atoms with E-state index in [1.807, 2.05) is 28.8 Å². The summed E-state index contributed by atoms with van der Waals surface area (Å²) in [5.41, 5.74) is 1.49. The lowest BCUT2D eigenvalue weighted by Gasteiger charge is -2.04. The number of benzene rings is 1. The van der Waals surface area contributed by atoms with Crippen LogP contribution in [0.5, 0.6) is 0 Å². The summed E-state index contributed by atoms with van der Waals surface area (Å²) in [7, 11) is 0. The highest BCUT2D eigenvalue weighted by Crippen LogP contribution is 2.30. The Hall–Kier alpha value is -2.90. The third-order valence-electron chi connectivity index (χ3n) is 4.37. The number of oxazole rings is 1. The van der Waals surface area contributed by atoms with Crippen LogP contribution in [0.2, 0.25) is 10.0 Å². The Morgan fingerprint density at radius 1 is 1.14 bits per heavy atom. The molecule has 0 fully saturated rings. The number of fused-ring (bicyclic) bond motifs is 1. The second kappa shape index (κ2) is 8.63. The summed E-state index contributed by atoms with van der Waals surface area (Å²) >= 11 is 12.1. The fourth-order valence-corrected chi connectivity index (χ4v) is 3.43. The highest BCUT2D eigenvalue weighted by molar-refractivity contribution is 6.36. The molecule has 0 aliphatic carbocycles. The van der Waals surface area contributed by atoms with E-state index in [0.29, 0.717) is 46.6 Å². The number of halogens is 2. The smallest absolute Gasteiger partial charge is 0.220 e. The van der Waals surface area contributed by atoms with Crippen LogP contribution in [0.4, 0.5) is 0 Å². The molecule has 0 atom stereocenters. The van der Waals surface area contributed by atoms with Gasteiger partial charge in [0.25, 0.3) is 0 Å². The Balaban J connectivity index is 1.27. The molecule has 0 unspecified atom stereocenters. The monoisotopic (exact) mass is 429 g/mol. The van der Waals surface area contributed by atoms with Gasteiger partial charge in [-0.3, -0.25) is 9.20 Å². The number of nitrogens with one attached hydrogen (secondary N) is 1. The van der Waals surface area contributed by atoms with Gasteiger partial charge in [0.15, 0.2) is 17.3 Å². The van der Waals surface area contributed by atoms with Gasteiger partial charge in [0.1, 0.15) is 5.82 Å². The number of amides is 1. The van der Waals surface area contributed by atoms with Crippen LogP contribution in [0.25, 0.3) is 17.0 Å². The van der Waals surface area contributed by atoms with Crippen molar-refractivity contribution in [2.24, 2.45) is 0 Å². The minimum absolute atomic E-state index is 0.0805. The predicted molar refractivity (Wildman–Crippen MR) is 110 cm³/mol. The number of pyridine rings is 1. The first-order valence-corrected chi connectivity index (χ1v) is 9.81. The first kappa shape index (κ1) is 19.4. The zero-order valence-electron chi connectivity index (χ0n) is 15.3. The molecule has 148 valence electrons. The molecule has 1 aromatic carbocycles. The molecule has 3 heterocycles. The number of nitrogens with zero attached hydrogens (tertiary/aromatic N) is 4. The molecule has 0 spiro atoms. The number of carbonyl (C=O) groups is 1. The molecule has 7 nitrogen and oxygen atoms in total. The fraction of sp³-hybridized carbons (Fsp3) is 0.200. The molecular weight excluding hydrogens is 413 g/mol. The maximum atomic E-state index is 12.1. The molecule has 0 saturated carbocycles. The SMILES string of the molecule is O=C(CCc1ncc(-c2ccc(Cl)cc2Cl)o1)NCCc1nnc2ccccn12. The maximum Gasteiger partial charge on any atom is 0.220 e. The molecule has 9 heteroatoms. The summed E-state index contributed by atoms with van der Waals surface area (Å²) < 4.78 is 7.62. The summed E-state index contributed by atoms with van der Waals surface area (Å²) in [4.78, 5) is 16.3. The number of aromatic nitrogens is 4. The van der Waals surface area contributed by atoms with E-state index in [1.54, 1.807) is 24.4 Å². The summed E-state index contributed by atoms with van der Waals surface area (Å²) in [6.45, 7) is 0.478. The lowest BCUT2D eigenvalue weighted by molar-refractivity contribution is -0.121. The number of carbonyl (C=O) groups excluding carboxylic acids is 1. The molecule has 3 aromatic heterocycles. The quantitative estimate of drug-likeness (QED) is 0.480. The normalized spacial score (nSPS) is 11.1. The van der Waals surface area contributed by atoms with E-state index in [-0.39, 0.29) is 12.3 Å². The molecule has 0 saturated heterocycles. The van der Waals surface area contributed by atoms with E-state index in [0.717, 1.165) is 11.5 Å². The van der Waals surface area contributed by atoms with E-state index in [9.17, 15) is 4.79 Å². The molecule has 4 rings (SSSR count). The highest BCUT2D eigenvalue weighted by atomic mass is 35.5. The molecule has 0 radical (unpaired) electrons. The molecule has 1 N–H and O–H groups in total. The van der Waals surface area contributed by atoms with Gasteiger partial charge < -0.3 is 9.73 Å². The Kier molecular flexibility index (Phi) is 5.78. The summed E-state index contributed by atoms with van der Waals surface area (Å²) in [6, 6.07) is 10.9. The number of hydrogen-bond donors (Lipinski definition) is 1. The molecule has 29 heavy (non-hydrogen) atoms. The first-order valence-electron chi connectivity index (χ1n) is 9.05. The summed E-state index contributed by atoms with van der Waals surface area (Å²) in [5.74, 6) is 1.74. The van der Waals surface area contributed by atoms with Gasteiger partial charge in [-0.25, -0.2) is 4.98 Å². The standard InChI is InChI=1S/C20H17Cl2N5O2/c21-13-4-5-14(15(22)11-13)16-12-24-20(29-16)7-6-19(28)23-9-8-18-26-25-17-3-1-2-10-27(17)18/h1-5,10-12H,6-9H2,(H,23,28). The van der Waals surface area contributed by atoms with E-state index < -0.39 is 0 Å². The lowest BCUT2D eigenvalue weighted by Crippen LogP contribution is -2.26. The van der Waals surface area contributed by atoms with Crippen molar-refractivity contribution in [2.75, 3.05) is 6.54 Å². The second-order valence-electron chi connectivity index (χ2n) is 6.39. The van der Waals surface area contributed by atoms with Crippen molar-refractivity contribution >= 4 is 34.8 Å². The Morgan fingerprint density at radius 3 is 2.90 bits per heavy atom. The van der Waals surface area contributed by atoms with Gasteiger partial charge >= 0.3 is 0 Å². The van der Waals surface area contributed by atoms with Crippen LogP contribution in [0.3, 0.4) is 0 Å².